The van der Waals surface area contributed by atoms with Crippen LogP contribution < -0.4 is 4.74 Å². The predicted molar refractivity (Wildman–Crippen MR) is 78.0 cm³/mol. The highest BCUT2D eigenvalue weighted by Gasteiger charge is 2.06. The van der Waals surface area contributed by atoms with Gasteiger partial charge >= 0.3 is 0 Å². The lowest BCUT2D eigenvalue weighted by molar-refractivity contribution is 0.0783. The maximum atomic E-state index is 11.8. The van der Waals surface area contributed by atoms with Crippen LogP contribution in [-0.2, 0) is 11.3 Å². The molecule has 0 atom stereocenters. The molecule has 2 aromatic carbocycles. The van der Waals surface area contributed by atoms with E-state index in [1.54, 1.807) is 12.1 Å². The second-order valence-electron chi connectivity index (χ2n) is 4.36. The molecule has 0 fully saturated rings. The van der Waals surface area contributed by atoms with Gasteiger partial charge in [-0.2, -0.15) is 0 Å². The number of hydrogen-bond acceptors (Lipinski definition) is 3. The van der Waals surface area contributed by atoms with Gasteiger partial charge in [-0.25, -0.2) is 0 Å². The van der Waals surface area contributed by atoms with Gasteiger partial charge in [0, 0.05) is 12.2 Å². The summed E-state index contributed by atoms with van der Waals surface area (Å²) in [6.45, 7) is 3.01. The van der Waals surface area contributed by atoms with E-state index in [-0.39, 0.29) is 12.4 Å². The number of ketones is 1. The largest absolute Gasteiger partial charge is 0.489 e. The topological polar surface area (TPSA) is 35.5 Å². The SMILES string of the molecule is CCOCC(=O)c1cccc(OCc2ccccc2)c1. The molecule has 0 saturated carbocycles. The van der Waals surface area contributed by atoms with E-state index in [0.717, 1.165) is 5.56 Å². The van der Waals surface area contributed by atoms with E-state index in [0.29, 0.717) is 24.5 Å². The van der Waals surface area contributed by atoms with E-state index in [1.165, 1.54) is 0 Å². The summed E-state index contributed by atoms with van der Waals surface area (Å²) in [6.07, 6.45) is 0. The van der Waals surface area contributed by atoms with E-state index in [4.69, 9.17) is 9.47 Å². The molecule has 0 amide bonds. The first-order valence-corrected chi connectivity index (χ1v) is 6.67. The Hall–Kier alpha value is -2.13. The molecule has 0 N–H and O–H groups in total. The molecule has 0 saturated heterocycles. The minimum absolute atomic E-state index is 0.0305. The van der Waals surface area contributed by atoms with Gasteiger partial charge in [-0.1, -0.05) is 42.5 Å². The van der Waals surface area contributed by atoms with Gasteiger partial charge in [0.1, 0.15) is 19.0 Å². The normalized spacial score (nSPS) is 10.2. The maximum Gasteiger partial charge on any atom is 0.188 e. The van der Waals surface area contributed by atoms with Crippen molar-refractivity contribution in [3.05, 3.63) is 65.7 Å². The Labute approximate surface area is 119 Å². The summed E-state index contributed by atoms with van der Waals surface area (Å²) >= 11 is 0. The number of hydrogen-bond donors (Lipinski definition) is 0. The molecule has 3 heteroatoms. The molecular formula is C17H18O3. The Bertz CT molecular complexity index is 549. The third kappa shape index (κ3) is 4.21. The van der Waals surface area contributed by atoms with Crippen molar-refractivity contribution >= 4 is 5.78 Å². The molecule has 0 unspecified atom stereocenters. The number of rotatable bonds is 7. The summed E-state index contributed by atoms with van der Waals surface area (Å²) in [4.78, 5) is 11.8. The zero-order chi connectivity index (χ0) is 14.2. The second kappa shape index (κ2) is 7.46. The monoisotopic (exact) mass is 270 g/mol. The molecule has 2 rings (SSSR count). The first-order valence-electron chi connectivity index (χ1n) is 6.67. The molecule has 0 aliphatic heterocycles. The summed E-state index contributed by atoms with van der Waals surface area (Å²) in [6, 6.07) is 17.1. The molecular weight excluding hydrogens is 252 g/mol. The van der Waals surface area contributed by atoms with E-state index in [1.807, 2.05) is 49.4 Å². The van der Waals surface area contributed by atoms with Crippen LogP contribution in [0.4, 0.5) is 0 Å². The molecule has 0 aliphatic carbocycles. The van der Waals surface area contributed by atoms with Crippen molar-refractivity contribution in [1.29, 1.82) is 0 Å². The van der Waals surface area contributed by atoms with Gasteiger partial charge in [0.15, 0.2) is 5.78 Å². The van der Waals surface area contributed by atoms with Gasteiger partial charge in [0.25, 0.3) is 0 Å². The lowest BCUT2D eigenvalue weighted by Gasteiger charge is -2.08. The van der Waals surface area contributed by atoms with Gasteiger partial charge in [-0.05, 0) is 24.6 Å². The van der Waals surface area contributed by atoms with Crippen molar-refractivity contribution in [3.63, 3.8) is 0 Å². The van der Waals surface area contributed by atoms with Crippen LogP contribution in [0.3, 0.4) is 0 Å². The molecule has 3 nitrogen and oxygen atoms in total. The van der Waals surface area contributed by atoms with Crippen LogP contribution in [0.5, 0.6) is 5.75 Å². The summed E-state index contributed by atoms with van der Waals surface area (Å²) in [5.74, 6) is 0.660. The standard InChI is InChI=1S/C17H18O3/c1-2-19-13-17(18)15-9-6-10-16(11-15)20-12-14-7-4-3-5-8-14/h3-11H,2,12-13H2,1H3. The number of benzene rings is 2. The highest BCUT2D eigenvalue weighted by Crippen LogP contribution is 2.15. The summed E-state index contributed by atoms with van der Waals surface area (Å²) in [5, 5.41) is 0. The Morgan fingerprint density at radius 2 is 1.85 bits per heavy atom. The minimum atomic E-state index is -0.0305. The number of carbonyl (C=O) groups is 1. The van der Waals surface area contributed by atoms with Gasteiger partial charge in [-0.15, -0.1) is 0 Å². The minimum Gasteiger partial charge on any atom is -0.489 e. The molecule has 20 heavy (non-hydrogen) atoms. The fourth-order valence-electron chi connectivity index (χ4n) is 1.78. The van der Waals surface area contributed by atoms with Crippen LogP contribution in [0.1, 0.15) is 22.8 Å². The lowest BCUT2D eigenvalue weighted by Crippen LogP contribution is -2.09. The van der Waals surface area contributed by atoms with Crippen LogP contribution in [0.2, 0.25) is 0 Å². The zero-order valence-electron chi connectivity index (χ0n) is 11.5. The van der Waals surface area contributed by atoms with Crippen molar-refractivity contribution in [1.82, 2.24) is 0 Å². The van der Waals surface area contributed by atoms with Crippen molar-refractivity contribution < 1.29 is 14.3 Å². The Morgan fingerprint density at radius 3 is 2.60 bits per heavy atom. The van der Waals surface area contributed by atoms with Crippen LogP contribution in [0.25, 0.3) is 0 Å². The molecule has 0 radical (unpaired) electrons. The van der Waals surface area contributed by atoms with E-state index >= 15 is 0 Å². The number of ether oxygens (including phenoxy) is 2. The van der Waals surface area contributed by atoms with Gasteiger partial charge in [0.05, 0.1) is 0 Å². The average molecular weight is 270 g/mol. The zero-order valence-corrected chi connectivity index (χ0v) is 11.5. The van der Waals surface area contributed by atoms with Gasteiger partial charge in [0.2, 0.25) is 0 Å². The summed E-state index contributed by atoms with van der Waals surface area (Å²) < 4.78 is 10.8. The summed E-state index contributed by atoms with van der Waals surface area (Å²) in [5.41, 5.74) is 1.71. The predicted octanol–water partition coefficient (Wildman–Crippen LogP) is 3.48. The molecule has 0 spiro atoms. The Kier molecular flexibility index (Phi) is 5.33. The molecule has 0 aromatic heterocycles. The molecule has 104 valence electrons. The third-order valence-electron chi connectivity index (χ3n) is 2.84. The van der Waals surface area contributed by atoms with Crippen molar-refractivity contribution in [2.24, 2.45) is 0 Å². The number of carbonyl (C=O) groups excluding carboxylic acids is 1. The average Bonchev–Trinajstić information content (AvgIpc) is 2.52. The molecule has 0 heterocycles. The quantitative estimate of drug-likeness (QED) is 0.722. The fourth-order valence-corrected chi connectivity index (χ4v) is 1.78. The Morgan fingerprint density at radius 1 is 1.05 bits per heavy atom. The first-order chi connectivity index (χ1) is 9.79. The molecule has 2 aromatic rings. The maximum absolute atomic E-state index is 11.8. The van der Waals surface area contributed by atoms with Crippen LogP contribution in [0, 0.1) is 0 Å². The van der Waals surface area contributed by atoms with Gasteiger partial charge < -0.3 is 9.47 Å². The van der Waals surface area contributed by atoms with Crippen LogP contribution in [-0.4, -0.2) is 19.0 Å². The number of Topliss-reactive ketones (excluding diaryl/α,β-unsaturated/α-hetero) is 1. The van der Waals surface area contributed by atoms with Crippen LogP contribution in [0.15, 0.2) is 54.6 Å². The van der Waals surface area contributed by atoms with E-state index in [2.05, 4.69) is 0 Å². The van der Waals surface area contributed by atoms with Crippen molar-refractivity contribution in [3.8, 4) is 5.75 Å². The molecule has 0 aliphatic rings. The van der Waals surface area contributed by atoms with E-state index < -0.39 is 0 Å². The van der Waals surface area contributed by atoms with Crippen molar-refractivity contribution in [2.45, 2.75) is 13.5 Å². The Balaban J connectivity index is 1.97. The van der Waals surface area contributed by atoms with Gasteiger partial charge in [-0.3, -0.25) is 4.79 Å². The lowest BCUT2D eigenvalue weighted by atomic mass is 10.1. The summed E-state index contributed by atoms with van der Waals surface area (Å²) in [7, 11) is 0. The van der Waals surface area contributed by atoms with Crippen LogP contribution >= 0.6 is 0 Å². The fraction of sp³-hybridized carbons (Fsp3) is 0.235. The third-order valence-corrected chi connectivity index (χ3v) is 2.84. The second-order valence-corrected chi connectivity index (χ2v) is 4.36. The van der Waals surface area contributed by atoms with Crippen molar-refractivity contribution in [2.75, 3.05) is 13.2 Å². The highest BCUT2D eigenvalue weighted by atomic mass is 16.5. The van der Waals surface area contributed by atoms with E-state index in [9.17, 15) is 4.79 Å². The highest BCUT2D eigenvalue weighted by molar-refractivity contribution is 5.97. The smallest absolute Gasteiger partial charge is 0.188 e. The molecule has 0 bridgehead atoms. The first kappa shape index (κ1) is 14.3.